The lowest BCUT2D eigenvalue weighted by molar-refractivity contribution is -0.384. The van der Waals surface area contributed by atoms with Gasteiger partial charge in [0.2, 0.25) is 0 Å². The van der Waals surface area contributed by atoms with Crippen molar-refractivity contribution in [3.63, 3.8) is 0 Å². The van der Waals surface area contributed by atoms with Crippen molar-refractivity contribution in [2.75, 3.05) is 0 Å². The second-order valence-corrected chi connectivity index (χ2v) is 5.38. The number of carbonyl (C=O) groups is 1. The molecular weight excluding hydrogens is 304 g/mol. The molecule has 110 valence electrons. The molecule has 2 heterocycles. The SMILES string of the molecule is O=C(NCc1ccc([N+](=O)[O-])cc1)c1ncnc2ccsc12. The second-order valence-electron chi connectivity index (χ2n) is 4.46. The van der Waals surface area contributed by atoms with Gasteiger partial charge in [-0.1, -0.05) is 12.1 Å². The topological polar surface area (TPSA) is 98.0 Å². The molecule has 0 aliphatic carbocycles. The van der Waals surface area contributed by atoms with E-state index in [2.05, 4.69) is 15.3 Å². The number of amides is 1. The van der Waals surface area contributed by atoms with Gasteiger partial charge < -0.3 is 5.32 Å². The van der Waals surface area contributed by atoms with E-state index in [4.69, 9.17) is 0 Å². The largest absolute Gasteiger partial charge is 0.347 e. The number of rotatable bonds is 4. The molecule has 8 heteroatoms. The smallest absolute Gasteiger partial charge is 0.271 e. The standard InChI is InChI=1S/C14H10N4O3S/c19-14(12-13-11(5-6-22-13)16-8-17-12)15-7-9-1-3-10(4-2-9)18(20)21/h1-6,8H,7H2,(H,15,19). The summed E-state index contributed by atoms with van der Waals surface area (Å²) in [5.41, 5.74) is 1.86. The van der Waals surface area contributed by atoms with Gasteiger partial charge >= 0.3 is 0 Å². The lowest BCUT2D eigenvalue weighted by Crippen LogP contribution is -2.23. The summed E-state index contributed by atoms with van der Waals surface area (Å²) in [4.78, 5) is 30.4. The van der Waals surface area contributed by atoms with Crippen LogP contribution in [0.2, 0.25) is 0 Å². The summed E-state index contributed by atoms with van der Waals surface area (Å²) in [5.74, 6) is -0.298. The van der Waals surface area contributed by atoms with Gasteiger partial charge in [-0.2, -0.15) is 0 Å². The van der Waals surface area contributed by atoms with Crippen molar-refractivity contribution in [3.05, 3.63) is 63.4 Å². The maximum absolute atomic E-state index is 12.2. The van der Waals surface area contributed by atoms with Gasteiger partial charge in [0.25, 0.3) is 11.6 Å². The molecule has 1 aromatic carbocycles. The minimum Gasteiger partial charge on any atom is -0.347 e. The summed E-state index contributed by atoms with van der Waals surface area (Å²) < 4.78 is 0.740. The van der Waals surface area contributed by atoms with Crippen molar-refractivity contribution < 1.29 is 9.72 Å². The minimum atomic E-state index is -0.462. The minimum absolute atomic E-state index is 0.0196. The maximum Gasteiger partial charge on any atom is 0.271 e. The predicted octanol–water partition coefficient (Wildman–Crippen LogP) is 2.53. The van der Waals surface area contributed by atoms with E-state index in [1.165, 1.54) is 29.8 Å². The van der Waals surface area contributed by atoms with E-state index in [0.717, 1.165) is 15.8 Å². The highest BCUT2D eigenvalue weighted by Crippen LogP contribution is 2.21. The third kappa shape index (κ3) is 2.77. The molecule has 0 atom stereocenters. The molecule has 0 fully saturated rings. The summed E-state index contributed by atoms with van der Waals surface area (Å²) >= 11 is 1.41. The Hall–Kier alpha value is -2.87. The highest BCUT2D eigenvalue weighted by molar-refractivity contribution is 7.17. The third-order valence-corrected chi connectivity index (χ3v) is 3.97. The molecule has 0 saturated carbocycles. The number of nitro groups is 1. The number of non-ortho nitro benzene ring substituents is 1. The molecule has 2 aromatic heterocycles. The van der Waals surface area contributed by atoms with Crippen LogP contribution in [0.1, 0.15) is 16.1 Å². The van der Waals surface area contributed by atoms with Gasteiger partial charge in [-0.05, 0) is 17.0 Å². The number of nitrogens with one attached hydrogen (secondary N) is 1. The lowest BCUT2D eigenvalue weighted by Gasteiger charge is -2.05. The first-order valence-corrected chi connectivity index (χ1v) is 7.23. The zero-order valence-corrected chi connectivity index (χ0v) is 12.0. The molecule has 3 rings (SSSR count). The third-order valence-electron chi connectivity index (χ3n) is 3.06. The van der Waals surface area contributed by atoms with Crippen LogP contribution in [-0.2, 0) is 6.54 Å². The first kappa shape index (κ1) is 14.1. The van der Waals surface area contributed by atoms with Gasteiger partial charge in [-0.3, -0.25) is 14.9 Å². The summed E-state index contributed by atoms with van der Waals surface area (Å²) in [5, 5.41) is 15.2. The monoisotopic (exact) mass is 314 g/mol. The Bertz CT molecular complexity index is 845. The summed E-state index contributed by atoms with van der Waals surface area (Å²) in [7, 11) is 0. The fourth-order valence-corrected chi connectivity index (χ4v) is 2.78. The Kier molecular flexibility index (Phi) is 3.75. The number of hydrogen-bond acceptors (Lipinski definition) is 6. The zero-order chi connectivity index (χ0) is 15.5. The van der Waals surface area contributed by atoms with Crippen molar-refractivity contribution in [1.82, 2.24) is 15.3 Å². The number of fused-ring (bicyclic) bond motifs is 1. The number of nitro benzene ring substituents is 1. The van der Waals surface area contributed by atoms with Crippen LogP contribution in [-0.4, -0.2) is 20.8 Å². The Labute approximate surface area is 128 Å². The molecule has 1 N–H and O–H groups in total. The van der Waals surface area contributed by atoms with Gasteiger partial charge in [-0.15, -0.1) is 11.3 Å². The number of hydrogen-bond donors (Lipinski definition) is 1. The van der Waals surface area contributed by atoms with Gasteiger partial charge in [0.05, 0.1) is 15.1 Å². The molecule has 7 nitrogen and oxygen atoms in total. The Morgan fingerprint density at radius 1 is 1.23 bits per heavy atom. The average Bonchev–Trinajstić information content (AvgIpc) is 3.01. The van der Waals surface area contributed by atoms with Crippen molar-refractivity contribution in [2.24, 2.45) is 0 Å². The number of aromatic nitrogens is 2. The quantitative estimate of drug-likeness (QED) is 0.589. The molecule has 0 aliphatic rings. The van der Waals surface area contributed by atoms with Crippen LogP contribution in [0, 0.1) is 10.1 Å². The van der Waals surface area contributed by atoms with Crippen LogP contribution in [0.3, 0.4) is 0 Å². The Morgan fingerprint density at radius 2 is 2.00 bits per heavy atom. The van der Waals surface area contributed by atoms with Gasteiger partial charge in [0.15, 0.2) is 0 Å². The van der Waals surface area contributed by atoms with E-state index < -0.39 is 4.92 Å². The first-order valence-electron chi connectivity index (χ1n) is 6.35. The van der Waals surface area contributed by atoms with E-state index in [9.17, 15) is 14.9 Å². The number of nitrogens with zero attached hydrogens (tertiary/aromatic N) is 3. The zero-order valence-electron chi connectivity index (χ0n) is 11.2. The van der Waals surface area contributed by atoms with Gasteiger partial charge in [-0.25, -0.2) is 9.97 Å². The molecule has 0 saturated heterocycles. The average molecular weight is 314 g/mol. The number of benzene rings is 1. The first-order chi connectivity index (χ1) is 10.6. The molecule has 3 aromatic rings. The van der Waals surface area contributed by atoms with Gasteiger partial charge in [0, 0.05) is 18.7 Å². The Balaban J connectivity index is 1.72. The van der Waals surface area contributed by atoms with E-state index in [1.807, 2.05) is 11.4 Å². The highest BCUT2D eigenvalue weighted by Gasteiger charge is 2.13. The fraction of sp³-hybridized carbons (Fsp3) is 0.0714. The summed E-state index contributed by atoms with van der Waals surface area (Å²) in [6.07, 6.45) is 1.36. The van der Waals surface area contributed by atoms with Crippen LogP contribution in [0.25, 0.3) is 10.2 Å². The number of thiophene rings is 1. The van der Waals surface area contributed by atoms with Crippen molar-refractivity contribution in [3.8, 4) is 0 Å². The molecule has 0 aliphatic heterocycles. The predicted molar refractivity (Wildman–Crippen MR) is 81.7 cm³/mol. The highest BCUT2D eigenvalue weighted by atomic mass is 32.1. The van der Waals surface area contributed by atoms with Crippen LogP contribution in [0.15, 0.2) is 42.0 Å². The summed E-state index contributed by atoms with van der Waals surface area (Å²) in [6, 6.07) is 7.86. The fourth-order valence-electron chi connectivity index (χ4n) is 1.95. The molecule has 22 heavy (non-hydrogen) atoms. The lowest BCUT2D eigenvalue weighted by atomic mass is 10.2. The van der Waals surface area contributed by atoms with E-state index in [-0.39, 0.29) is 18.1 Å². The Morgan fingerprint density at radius 3 is 2.73 bits per heavy atom. The van der Waals surface area contributed by atoms with Crippen molar-refractivity contribution in [2.45, 2.75) is 6.54 Å². The molecule has 1 amide bonds. The van der Waals surface area contributed by atoms with Crippen LogP contribution in [0.5, 0.6) is 0 Å². The molecular formula is C14H10N4O3S. The molecule has 0 bridgehead atoms. The van der Waals surface area contributed by atoms with Crippen LogP contribution >= 0.6 is 11.3 Å². The van der Waals surface area contributed by atoms with E-state index >= 15 is 0 Å². The second kappa shape index (κ2) is 5.86. The molecule has 0 spiro atoms. The van der Waals surface area contributed by atoms with Crippen LogP contribution in [0.4, 0.5) is 5.69 Å². The van der Waals surface area contributed by atoms with Gasteiger partial charge in [0.1, 0.15) is 12.0 Å². The summed E-state index contributed by atoms with van der Waals surface area (Å²) in [6.45, 7) is 0.272. The van der Waals surface area contributed by atoms with Crippen molar-refractivity contribution in [1.29, 1.82) is 0 Å². The van der Waals surface area contributed by atoms with Crippen molar-refractivity contribution >= 4 is 33.1 Å². The van der Waals surface area contributed by atoms with Crippen LogP contribution < -0.4 is 5.32 Å². The van der Waals surface area contributed by atoms with E-state index in [1.54, 1.807) is 12.1 Å². The molecule has 0 radical (unpaired) electrons. The molecule has 0 unspecified atom stereocenters. The van der Waals surface area contributed by atoms with E-state index in [0.29, 0.717) is 5.69 Å². The normalized spacial score (nSPS) is 10.5. The maximum atomic E-state index is 12.2. The number of carbonyl (C=O) groups excluding carboxylic acids is 1.